The Bertz CT molecular complexity index is 1140. The van der Waals surface area contributed by atoms with Gasteiger partial charge in [0.25, 0.3) is 0 Å². The van der Waals surface area contributed by atoms with Gasteiger partial charge in [-0.15, -0.1) is 0 Å². The van der Waals surface area contributed by atoms with E-state index in [-0.39, 0.29) is 12.3 Å². The number of aryl methyl sites for hydroxylation is 1. The number of aromatic nitrogens is 1. The molecule has 1 heterocycles. The van der Waals surface area contributed by atoms with Crippen molar-refractivity contribution in [3.63, 3.8) is 0 Å². The lowest BCUT2D eigenvalue weighted by molar-refractivity contribution is -0.689. The summed E-state index contributed by atoms with van der Waals surface area (Å²) in [6.07, 6.45) is 16.2. The first kappa shape index (κ1) is 31.7. The number of ether oxygens (including phenoxy) is 2. The van der Waals surface area contributed by atoms with Crippen molar-refractivity contribution in [2.45, 2.75) is 104 Å². The zero-order valence-corrected chi connectivity index (χ0v) is 25.7. The van der Waals surface area contributed by atoms with Crippen molar-refractivity contribution in [1.82, 2.24) is 0 Å². The molecule has 0 aliphatic carbocycles. The van der Waals surface area contributed by atoms with Crippen LogP contribution in [0.25, 0.3) is 0 Å². The monoisotopic (exact) mass is 565 g/mol. The van der Waals surface area contributed by atoms with Crippen molar-refractivity contribution in [2.24, 2.45) is 0 Å². The topological polar surface area (TPSA) is 51.4 Å². The maximum Gasteiger partial charge on any atom is 0.228 e. The largest absolute Gasteiger partial charge is 0.493 e. The highest BCUT2D eigenvalue weighted by Crippen LogP contribution is 2.29. The Kier molecular flexibility index (Phi) is 14.6. The number of nitrogens with one attached hydrogen (secondary N) is 1. The van der Waals surface area contributed by atoms with Crippen molar-refractivity contribution < 1.29 is 18.8 Å². The number of rotatable bonds is 20. The third-order valence-electron chi connectivity index (χ3n) is 7.36. The predicted molar refractivity (Wildman–Crippen MR) is 167 cm³/mol. The highest BCUT2D eigenvalue weighted by Gasteiger charge is 2.14. The molecular formula is C34H49N2O3S+. The summed E-state index contributed by atoms with van der Waals surface area (Å²) in [4.78, 5) is 12.9. The molecule has 3 rings (SSSR count). The van der Waals surface area contributed by atoms with Crippen LogP contribution in [-0.4, -0.2) is 19.6 Å². The number of carbonyl (C=O) groups excluding carboxylic acids is 1. The van der Waals surface area contributed by atoms with Crippen LogP contribution in [0, 0.1) is 6.92 Å². The lowest BCUT2D eigenvalue weighted by Gasteiger charge is -2.13. The molecule has 0 unspecified atom stereocenters. The highest BCUT2D eigenvalue weighted by molar-refractivity contribution is 7.07. The number of carbonyl (C=O) groups is 1. The Morgan fingerprint density at radius 1 is 0.875 bits per heavy atom. The second-order valence-electron chi connectivity index (χ2n) is 10.7. The fraction of sp³-hybridized carbons (Fsp3) is 0.529. The van der Waals surface area contributed by atoms with Crippen molar-refractivity contribution in [1.29, 1.82) is 0 Å². The Hall–Kier alpha value is -2.86. The van der Waals surface area contributed by atoms with Crippen molar-refractivity contribution in [2.75, 3.05) is 19.0 Å². The summed E-state index contributed by atoms with van der Waals surface area (Å²) >= 11 is 1.68. The molecule has 0 saturated heterocycles. The minimum atomic E-state index is -0.0493. The van der Waals surface area contributed by atoms with E-state index in [4.69, 9.17) is 9.47 Å². The first-order valence-corrected chi connectivity index (χ1v) is 16.1. The van der Waals surface area contributed by atoms with Gasteiger partial charge in [-0.05, 0) is 30.2 Å². The molecule has 1 aromatic heterocycles. The molecule has 0 bridgehead atoms. The molecule has 0 radical (unpaired) electrons. The van der Waals surface area contributed by atoms with Crippen LogP contribution in [-0.2, 0) is 17.8 Å². The lowest BCUT2D eigenvalue weighted by Crippen LogP contribution is -2.34. The summed E-state index contributed by atoms with van der Waals surface area (Å²) in [6, 6.07) is 13.8. The summed E-state index contributed by atoms with van der Waals surface area (Å²) < 4.78 is 13.8. The summed E-state index contributed by atoms with van der Waals surface area (Å²) in [5.74, 6) is 1.36. The Labute approximate surface area is 245 Å². The number of anilines is 1. The first-order valence-electron chi connectivity index (χ1n) is 15.2. The Balaban J connectivity index is 1.37. The summed E-state index contributed by atoms with van der Waals surface area (Å²) in [7, 11) is 1.65. The minimum Gasteiger partial charge on any atom is -0.493 e. The third kappa shape index (κ3) is 11.3. The van der Waals surface area contributed by atoms with Crippen LogP contribution < -0.4 is 19.4 Å². The van der Waals surface area contributed by atoms with Gasteiger partial charge in [0, 0.05) is 12.5 Å². The quantitative estimate of drug-likeness (QED) is 0.110. The van der Waals surface area contributed by atoms with E-state index in [0.29, 0.717) is 12.4 Å². The molecule has 0 atom stereocenters. The van der Waals surface area contributed by atoms with Gasteiger partial charge in [0.1, 0.15) is 0 Å². The Morgan fingerprint density at radius 3 is 2.20 bits per heavy atom. The van der Waals surface area contributed by atoms with Gasteiger partial charge in [-0.3, -0.25) is 4.79 Å². The standard InChI is InChI=1S/C34H48N2O3S/c1-4-5-6-7-8-9-10-11-12-13-14-17-22-39-32-21-20-29(23-33(32)38-3)24-34(37)35-31-19-16-15-18-30(31)25-36-27-40-26-28(36)2/h15-16,18-21,23,26-27H,4-14,17,22,24-25H2,1-3H3/p+1. The van der Waals surface area contributed by atoms with Gasteiger partial charge in [-0.2, -0.15) is 4.57 Å². The number of benzene rings is 2. The fourth-order valence-electron chi connectivity index (χ4n) is 4.92. The van der Waals surface area contributed by atoms with Crippen LogP contribution in [0.2, 0.25) is 0 Å². The second-order valence-corrected chi connectivity index (χ2v) is 11.5. The molecule has 218 valence electrons. The molecular weight excluding hydrogens is 516 g/mol. The van der Waals surface area contributed by atoms with Gasteiger partial charge in [-0.1, -0.05) is 113 Å². The number of nitrogens with zero attached hydrogens (tertiary/aromatic N) is 1. The number of amides is 1. The summed E-state index contributed by atoms with van der Waals surface area (Å²) in [5.41, 5.74) is 6.13. The number of unbranched alkanes of at least 4 members (excludes halogenated alkanes) is 11. The van der Waals surface area contributed by atoms with Crippen LogP contribution >= 0.6 is 11.3 Å². The van der Waals surface area contributed by atoms with E-state index in [9.17, 15) is 4.79 Å². The van der Waals surface area contributed by atoms with E-state index >= 15 is 0 Å². The maximum atomic E-state index is 12.9. The molecule has 1 amide bonds. The smallest absolute Gasteiger partial charge is 0.228 e. The van der Waals surface area contributed by atoms with E-state index in [1.807, 2.05) is 36.4 Å². The van der Waals surface area contributed by atoms with Gasteiger partial charge in [0.2, 0.25) is 11.4 Å². The lowest BCUT2D eigenvalue weighted by atomic mass is 10.1. The van der Waals surface area contributed by atoms with Crippen molar-refractivity contribution in [3.8, 4) is 11.5 Å². The summed E-state index contributed by atoms with van der Waals surface area (Å²) in [5, 5.41) is 5.23. The van der Waals surface area contributed by atoms with Crippen LogP contribution in [0.3, 0.4) is 0 Å². The van der Waals surface area contributed by atoms with Crippen LogP contribution in [0.1, 0.15) is 101 Å². The second kappa shape index (κ2) is 18.5. The van der Waals surface area contributed by atoms with Gasteiger partial charge < -0.3 is 14.8 Å². The van der Waals surface area contributed by atoms with Gasteiger partial charge in [0.05, 0.1) is 31.2 Å². The highest BCUT2D eigenvalue weighted by atomic mass is 32.1. The molecule has 2 aromatic carbocycles. The average Bonchev–Trinajstić information content (AvgIpc) is 3.36. The number of para-hydroxylation sites is 1. The number of hydrogen-bond acceptors (Lipinski definition) is 4. The van der Waals surface area contributed by atoms with E-state index in [1.54, 1.807) is 18.4 Å². The number of methoxy groups -OCH3 is 1. The van der Waals surface area contributed by atoms with Gasteiger partial charge in [-0.25, -0.2) is 0 Å². The SMILES string of the molecule is CCCCCCCCCCCCCCOc1ccc(CC(=O)Nc2ccccc2C[n+]2cscc2C)cc1OC. The maximum absolute atomic E-state index is 12.9. The molecule has 0 fully saturated rings. The van der Waals surface area contributed by atoms with E-state index in [0.717, 1.165) is 35.5 Å². The van der Waals surface area contributed by atoms with E-state index in [2.05, 4.69) is 40.7 Å². The summed E-state index contributed by atoms with van der Waals surface area (Å²) in [6.45, 7) is 5.78. The molecule has 0 saturated carbocycles. The molecule has 0 spiro atoms. The molecule has 0 aliphatic heterocycles. The third-order valence-corrected chi connectivity index (χ3v) is 8.21. The Morgan fingerprint density at radius 2 is 1.55 bits per heavy atom. The molecule has 6 heteroatoms. The van der Waals surface area contributed by atoms with Gasteiger partial charge >= 0.3 is 0 Å². The van der Waals surface area contributed by atoms with Crippen LogP contribution in [0.5, 0.6) is 11.5 Å². The zero-order chi connectivity index (χ0) is 28.4. The number of thiazole rings is 1. The minimum absolute atomic E-state index is 0.0493. The van der Waals surface area contributed by atoms with Crippen molar-refractivity contribution in [3.05, 3.63) is 70.2 Å². The van der Waals surface area contributed by atoms with Crippen molar-refractivity contribution >= 4 is 22.9 Å². The first-order chi connectivity index (χ1) is 19.6. The van der Waals surface area contributed by atoms with Gasteiger partial charge in [0.15, 0.2) is 23.7 Å². The van der Waals surface area contributed by atoms with E-state index in [1.165, 1.54) is 76.3 Å². The van der Waals surface area contributed by atoms with E-state index < -0.39 is 0 Å². The van der Waals surface area contributed by atoms with Crippen LogP contribution in [0.15, 0.2) is 53.4 Å². The predicted octanol–water partition coefficient (Wildman–Crippen LogP) is 8.66. The average molecular weight is 566 g/mol. The normalized spacial score (nSPS) is 11.0. The number of hydrogen-bond donors (Lipinski definition) is 1. The van der Waals surface area contributed by atoms with Crippen LogP contribution in [0.4, 0.5) is 5.69 Å². The molecule has 1 N–H and O–H groups in total. The molecule has 40 heavy (non-hydrogen) atoms. The molecule has 5 nitrogen and oxygen atoms in total. The fourth-order valence-corrected chi connectivity index (χ4v) is 5.71. The molecule has 3 aromatic rings. The molecule has 0 aliphatic rings. The zero-order valence-electron chi connectivity index (χ0n) is 24.9.